The molecule has 0 spiro atoms. The summed E-state index contributed by atoms with van der Waals surface area (Å²) in [5.41, 5.74) is 2.14. The molecule has 1 aromatic heterocycles. The van der Waals surface area contributed by atoms with Crippen LogP contribution in [0.3, 0.4) is 0 Å². The van der Waals surface area contributed by atoms with Gasteiger partial charge in [0.05, 0.1) is 0 Å². The molecule has 2 N–H and O–H groups in total. The molecular weight excluding hydrogens is 277 g/mol. The molecule has 1 aliphatic heterocycles. The van der Waals surface area contributed by atoms with Gasteiger partial charge in [-0.1, -0.05) is 18.2 Å². The summed E-state index contributed by atoms with van der Waals surface area (Å²) in [6.07, 6.45) is 0.644. The van der Waals surface area contributed by atoms with E-state index in [1.54, 1.807) is 12.1 Å². The maximum atomic E-state index is 13.7. The molecule has 6 heteroatoms. The minimum Gasteiger partial charge on any atom is -0.334 e. The van der Waals surface area contributed by atoms with Crippen LogP contribution in [0.5, 0.6) is 0 Å². The first-order chi connectivity index (χ1) is 9.63. The summed E-state index contributed by atoms with van der Waals surface area (Å²) in [7, 11) is 0. The molecule has 20 heavy (non-hydrogen) atoms. The van der Waals surface area contributed by atoms with Crippen LogP contribution < -0.4 is 5.56 Å². The van der Waals surface area contributed by atoms with E-state index in [1.165, 1.54) is 6.07 Å². The Balaban J connectivity index is 1.84. The minimum atomic E-state index is -0.197. The highest BCUT2D eigenvalue weighted by molar-refractivity contribution is 7.71. The molecule has 4 nitrogen and oxygen atoms in total. The van der Waals surface area contributed by atoms with Crippen LogP contribution in [0.25, 0.3) is 0 Å². The number of nitrogens with one attached hydrogen (secondary N) is 2. The second-order valence-corrected chi connectivity index (χ2v) is 5.33. The zero-order valence-electron chi connectivity index (χ0n) is 10.8. The zero-order valence-corrected chi connectivity index (χ0v) is 11.6. The van der Waals surface area contributed by atoms with Crippen molar-refractivity contribution in [1.29, 1.82) is 0 Å². The summed E-state index contributed by atoms with van der Waals surface area (Å²) in [6.45, 7) is 1.84. The van der Waals surface area contributed by atoms with E-state index in [0.29, 0.717) is 29.8 Å². The smallest absolute Gasteiger partial charge is 0.255 e. The van der Waals surface area contributed by atoms with Gasteiger partial charge in [0.1, 0.15) is 5.82 Å². The summed E-state index contributed by atoms with van der Waals surface area (Å²) >= 11 is 4.98. The van der Waals surface area contributed by atoms with Gasteiger partial charge >= 0.3 is 0 Å². The third-order valence-corrected chi connectivity index (χ3v) is 3.75. The summed E-state index contributed by atoms with van der Waals surface area (Å²) < 4.78 is 14.0. The SMILES string of the molecule is O=c1[nH]c(=S)[nH]c2c1CCN(Cc1ccccc1F)C2. The number of benzene rings is 1. The van der Waals surface area contributed by atoms with Crippen molar-refractivity contribution in [3.05, 3.63) is 62.0 Å². The second-order valence-electron chi connectivity index (χ2n) is 4.92. The van der Waals surface area contributed by atoms with E-state index in [2.05, 4.69) is 14.9 Å². The van der Waals surface area contributed by atoms with Crippen LogP contribution >= 0.6 is 12.2 Å². The van der Waals surface area contributed by atoms with Crippen LogP contribution in [0.15, 0.2) is 29.1 Å². The molecule has 0 atom stereocenters. The largest absolute Gasteiger partial charge is 0.334 e. The molecule has 0 radical (unpaired) electrons. The minimum absolute atomic E-state index is 0.116. The fourth-order valence-corrected chi connectivity index (χ4v) is 2.75. The highest BCUT2D eigenvalue weighted by atomic mass is 32.1. The standard InChI is InChI=1S/C14H14FN3OS/c15-11-4-2-1-3-9(11)7-18-6-5-10-12(8-18)16-14(20)17-13(10)19/h1-4H,5-8H2,(H2,16,17,19,20). The van der Waals surface area contributed by atoms with Gasteiger partial charge in [-0.05, 0) is 24.7 Å². The van der Waals surface area contributed by atoms with E-state index in [1.807, 2.05) is 6.07 Å². The highest BCUT2D eigenvalue weighted by Gasteiger charge is 2.20. The number of H-pyrrole nitrogens is 2. The van der Waals surface area contributed by atoms with E-state index in [0.717, 1.165) is 17.8 Å². The van der Waals surface area contributed by atoms with Crippen LogP contribution in [-0.2, 0) is 19.5 Å². The topological polar surface area (TPSA) is 51.9 Å². The zero-order chi connectivity index (χ0) is 14.1. The molecule has 0 unspecified atom stereocenters. The maximum absolute atomic E-state index is 13.7. The van der Waals surface area contributed by atoms with Crippen LogP contribution in [0.2, 0.25) is 0 Å². The number of nitrogens with zero attached hydrogens (tertiary/aromatic N) is 1. The number of rotatable bonds is 2. The average Bonchev–Trinajstić information content (AvgIpc) is 2.41. The molecule has 2 heterocycles. The van der Waals surface area contributed by atoms with Gasteiger partial charge in [-0.3, -0.25) is 14.7 Å². The third-order valence-electron chi connectivity index (χ3n) is 3.54. The Hall–Kier alpha value is -1.79. The Morgan fingerprint density at radius 1 is 1.30 bits per heavy atom. The van der Waals surface area contributed by atoms with Gasteiger partial charge in [0.2, 0.25) is 0 Å². The van der Waals surface area contributed by atoms with E-state index >= 15 is 0 Å². The predicted molar refractivity (Wildman–Crippen MR) is 76.5 cm³/mol. The number of aromatic amines is 2. The molecule has 1 aromatic carbocycles. The molecule has 0 bridgehead atoms. The number of aromatic nitrogens is 2. The fourth-order valence-electron chi connectivity index (χ4n) is 2.53. The van der Waals surface area contributed by atoms with Gasteiger partial charge < -0.3 is 4.98 Å². The molecule has 0 fully saturated rings. The van der Waals surface area contributed by atoms with Crippen LogP contribution in [0, 0.1) is 10.6 Å². The summed E-state index contributed by atoms with van der Waals surface area (Å²) in [5, 5.41) is 0. The lowest BCUT2D eigenvalue weighted by Gasteiger charge is -2.27. The summed E-state index contributed by atoms with van der Waals surface area (Å²) in [4.78, 5) is 19.5. The van der Waals surface area contributed by atoms with E-state index in [4.69, 9.17) is 12.2 Å². The van der Waals surface area contributed by atoms with Crippen molar-refractivity contribution in [2.24, 2.45) is 0 Å². The Labute approximate surface area is 120 Å². The van der Waals surface area contributed by atoms with Crippen molar-refractivity contribution in [2.75, 3.05) is 6.54 Å². The fraction of sp³-hybridized carbons (Fsp3) is 0.286. The van der Waals surface area contributed by atoms with Gasteiger partial charge in [-0.15, -0.1) is 0 Å². The summed E-state index contributed by atoms with van der Waals surface area (Å²) in [5.74, 6) is -0.197. The van der Waals surface area contributed by atoms with Gasteiger partial charge in [-0.2, -0.15) is 0 Å². The van der Waals surface area contributed by atoms with Crippen molar-refractivity contribution in [1.82, 2.24) is 14.9 Å². The van der Waals surface area contributed by atoms with Gasteiger partial charge in [0.25, 0.3) is 5.56 Å². The number of halogens is 1. The Bertz CT molecular complexity index is 753. The Kier molecular flexibility index (Phi) is 3.50. The van der Waals surface area contributed by atoms with Crippen molar-refractivity contribution < 1.29 is 4.39 Å². The molecule has 0 aliphatic carbocycles. The first-order valence-electron chi connectivity index (χ1n) is 6.43. The second kappa shape index (κ2) is 5.30. The molecule has 0 saturated heterocycles. The van der Waals surface area contributed by atoms with Crippen molar-refractivity contribution in [3.63, 3.8) is 0 Å². The lowest BCUT2D eigenvalue weighted by molar-refractivity contribution is 0.237. The third kappa shape index (κ3) is 2.57. The van der Waals surface area contributed by atoms with Crippen LogP contribution in [0.4, 0.5) is 4.39 Å². The molecule has 3 rings (SSSR count). The van der Waals surface area contributed by atoms with Crippen LogP contribution in [-0.4, -0.2) is 21.4 Å². The van der Waals surface area contributed by atoms with Crippen molar-refractivity contribution in [2.45, 2.75) is 19.5 Å². The highest BCUT2D eigenvalue weighted by Crippen LogP contribution is 2.17. The molecule has 0 saturated carbocycles. The first kappa shape index (κ1) is 13.2. The average molecular weight is 291 g/mol. The molecule has 0 amide bonds. The number of fused-ring (bicyclic) bond motifs is 1. The molecule has 2 aromatic rings. The van der Waals surface area contributed by atoms with Crippen molar-refractivity contribution >= 4 is 12.2 Å². The lowest BCUT2D eigenvalue weighted by Crippen LogP contribution is -2.35. The van der Waals surface area contributed by atoms with Gasteiger partial charge in [0, 0.05) is 36.5 Å². The lowest BCUT2D eigenvalue weighted by atomic mass is 10.1. The Morgan fingerprint density at radius 3 is 2.90 bits per heavy atom. The van der Waals surface area contributed by atoms with Gasteiger partial charge in [0.15, 0.2) is 4.77 Å². The summed E-state index contributed by atoms with van der Waals surface area (Å²) in [6, 6.07) is 6.76. The monoisotopic (exact) mass is 291 g/mol. The molecule has 104 valence electrons. The number of hydrogen-bond donors (Lipinski definition) is 2. The van der Waals surface area contributed by atoms with Crippen LogP contribution in [0.1, 0.15) is 16.8 Å². The van der Waals surface area contributed by atoms with E-state index < -0.39 is 0 Å². The van der Waals surface area contributed by atoms with Crippen molar-refractivity contribution in [3.8, 4) is 0 Å². The molecule has 1 aliphatic rings. The van der Waals surface area contributed by atoms with E-state index in [-0.39, 0.29) is 11.4 Å². The number of hydrogen-bond acceptors (Lipinski definition) is 3. The van der Waals surface area contributed by atoms with E-state index in [9.17, 15) is 9.18 Å². The Morgan fingerprint density at radius 2 is 2.10 bits per heavy atom. The molecular formula is C14H14FN3OS. The quantitative estimate of drug-likeness (QED) is 0.833. The van der Waals surface area contributed by atoms with Gasteiger partial charge in [-0.25, -0.2) is 4.39 Å². The normalized spacial score (nSPS) is 15.1. The first-order valence-corrected chi connectivity index (χ1v) is 6.84. The maximum Gasteiger partial charge on any atom is 0.255 e. The predicted octanol–water partition coefficient (Wildman–Crippen LogP) is 2.13.